The van der Waals surface area contributed by atoms with Crippen LogP contribution in [0.25, 0.3) is 0 Å². The van der Waals surface area contributed by atoms with E-state index in [0.29, 0.717) is 34.5 Å². The van der Waals surface area contributed by atoms with Gasteiger partial charge in [-0.15, -0.1) is 11.3 Å². The summed E-state index contributed by atoms with van der Waals surface area (Å²) in [7, 11) is 3.43. The number of fused-ring (bicyclic) bond motifs is 1. The molecule has 11 heteroatoms. The van der Waals surface area contributed by atoms with Crippen molar-refractivity contribution in [3.05, 3.63) is 116 Å². The average molecular weight is 715 g/mol. The van der Waals surface area contributed by atoms with Crippen molar-refractivity contribution in [2.45, 2.75) is 64.5 Å². The lowest BCUT2D eigenvalue weighted by molar-refractivity contribution is 0.0254. The molecule has 1 fully saturated rings. The average Bonchev–Trinajstić information content (AvgIpc) is 3.47. The Labute approximate surface area is 301 Å². The predicted molar refractivity (Wildman–Crippen MR) is 197 cm³/mol. The molecule has 0 unspecified atom stereocenters. The normalized spacial score (nSPS) is 16.0. The van der Waals surface area contributed by atoms with E-state index in [-0.39, 0.29) is 29.1 Å². The molecule has 1 aliphatic heterocycles. The van der Waals surface area contributed by atoms with Crippen LogP contribution in [0.5, 0.6) is 0 Å². The van der Waals surface area contributed by atoms with E-state index in [4.69, 9.17) is 4.74 Å². The van der Waals surface area contributed by atoms with Gasteiger partial charge in [0.2, 0.25) is 0 Å². The van der Waals surface area contributed by atoms with Crippen LogP contribution in [0.3, 0.4) is 0 Å². The highest BCUT2D eigenvalue weighted by Gasteiger charge is 2.32. The van der Waals surface area contributed by atoms with Crippen molar-refractivity contribution >= 4 is 39.8 Å². The topological polar surface area (TPSA) is 91.0 Å². The number of esters is 1. The van der Waals surface area contributed by atoms with E-state index < -0.39 is 23.5 Å². The molecule has 2 aliphatic rings. The molecule has 1 aliphatic carbocycles. The highest BCUT2D eigenvalue weighted by atomic mass is 32.1. The van der Waals surface area contributed by atoms with Gasteiger partial charge in [-0.05, 0) is 113 Å². The number of anilines is 2. The molecule has 0 radical (unpaired) electrons. The van der Waals surface area contributed by atoms with Crippen molar-refractivity contribution in [2.24, 2.45) is 0 Å². The van der Waals surface area contributed by atoms with Gasteiger partial charge < -0.3 is 20.3 Å². The van der Waals surface area contributed by atoms with Gasteiger partial charge in [0.05, 0.1) is 18.2 Å². The smallest absolute Gasteiger partial charge is 0.337 e. The number of amides is 2. The van der Waals surface area contributed by atoms with Crippen molar-refractivity contribution in [1.29, 1.82) is 0 Å². The first kappa shape index (κ1) is 36.3. The number of likely N-dealkylation sites (N-methyl/N-ethyl adjacent to an activating group) is 1. The quantitative estimate of drug-likeness (QED) is 0.165. The van der Waals surface area contributed by atoms with Crippen molar-refractivity contribution in [1.82, 2.24) is 9.80 Å². The zero-order chi connectivity index (χ0) is 36.3. The number of carbonyl (C=O) groups excluding carboxylic acids is 3. The molecule has 1 saturated heterocycles. The summed E-state index contributed by atoms with van der Waals surface area (Å²) in [5, 5.41) is 6.14. The van der Waals surface area contributed by atoms with Crippen LogP contribution >= 0.6 is 11.3 Å². The van der Waals surface area contributed by atoms with E-state index in [9.17, 15) is 14.4 Å². The lowest BCUT2D eigenvalue weighted by Crippen LogP contribution is -2.57. The second-order valence-corrected chi connectivity index (χ2v) is 15.2. The first-order valence-electron chi connectivity index (χ1n) is 17.4. The van der Waals surface area contributed by atoms with Crippen LogP contribution < -0.4 is 10.6 Å². The van der Waals surface area contributed by atoms with Crippen LogP contribution in [0, 0.1) is 11.6 Å². The molecule has 0 spiro atoms. The van der Waals surface area contributed by atoms with Gasteiger partial charge in [0.1, 0.15) is 16.6 Å². The van der Waals surface area contributed by atoms with Gasteiger partial charge in [-0.1, -0.05) is 24.3 Å². The van der Waals surface area contributed by atoms with Crippen molar-refractivity contribution in [3.8, 4) is 0 Å². The Balaban J connectivity index is 1.16. The van der Waals surface area contributed by atoms with Gasteiger partial charge in [-0.3, -0.25) is 14.5 Å². The number of ether oxygens (including phenoxy) is 1. The maximum atomic E-state index is 15.3. The van der Waals surface area contributed by atoms with Crippen LogP contribution in [0.1, 0.15) is 84.9 Å². The zero-order valence-electron chi connectivity index (χ0n) is 29.5. The molecule has 2 heterocycles. The van der Waals surface area contributed by atoms with Crippen LogP contribution in [0.4, 0.5) is 19.5 Å². The Kier molecular flexibility index (Phi) is 11.0. The Morgan fingerprint density at radius 2 is 1.59 bits per heavy atom. The number of methoxy groups -OCH3 is 1. The number of piperazine rings is 1. The monoisotopic (exact) mass is 714 g/mol. The molecule has 0 bridgehead atoms. The lowest BCUT2D eigenvalue weighted by Gasteiger charge is -2.46. The Morgan fingerprint density at radius 3 is 2.29 bits per heavy atom. The highest BCUT2D eigenvalue weighted by molar-refractivity contribution is 7.17. The fraction of sp³-hybridized carbons (Fsp3) is 0.375. The summed E-state index contributed by atoms with van der Waals surface area (Å²) >= 11 is 1.39. The van der Waals surface area contributed by atoms with Crippen molar-refractivity contribution in [2.75, 3.05) is 44.4 Å². The highest BCUT2D eigenvalue weighted by Crippen LogP contribution is 2.39. The van der Waals surface area contributed by atoms with Crippen LogP contribution in [0.2, 0.25) is 0 Å². The summed E-state index contributed by atoms with van der Waals surface area (Å²) in [6.07, 6.45) is 3.82. The third-order valence-corrected chi connectivity index (χ3v) is 11.1. The number of hydrogen-bond donors (Lipinski definition) is 2. The molecule has 268 valence electrons. The maximum absolute atomic E-state index is 15.3. The van der Waals surface area contributed by atoms with E-state index >= 15 is 8.78 Å². The number of nitrogens with zero attached hydrogens (tertiary/aromatic N) is 2. The molecule has 8 nitrogen and oxygen atoms in total. The predicted octanol–water partition coefficient (Wildman–Crippen LogP) is 7.51. The summed E-state index contributed by atoms with van der Waals surface area (Å²) in [6.45, 7) is 8.07. The molecular weight excluding hydrogens is 671 g/mol. The minimum Gasteiger partial charge on any atom is -0.465 e. The van der Waals surface area contributed by atoms with E-state index in [1.807, 2.05) is 18.2 Å². The standard InChI is InChI=1S/C40H44F2N4O4S/c1-40(2)24-45(3)18-19-46(40)23-26-8-7-9-28(20-26)36(47)44-38-35(31-10-5-6-11-34(31)51-38)37(48)43-29-21-32(41)30(33(42)22-29)17-14-25-12-15-27(16-13-25)39(49)50-4/h7-9,12-13,15-16,20-22H,5-6,10-11,14,17-19,23-24H2,1-4H3,(H,43,48)(H,44,47). The molecule has 51 heavy (non-hydrogen) atoms. The number of rotatable bonds is 10. The number of carbonyl (C=O) groups is 3. The largest absolute Gasteiger partial charge is 0.465 e. The summed E-state index contributed by atoms with van der Waals surface area (Å²) in [4.78, 5) is 45.0. The van der Waals surface area contributed by atoms with Gasteiger partial charge in [-0.25, -0.2) is 13.6 Å². The minimum absolute atomic E-state index is 0.00340. The van der Waals surface area contributed by atoms with Gasteiger partial charge in [0.25, 0.3) is 11.8 Å². The molecule has 3 aromatic carbocycles. The summed E-state index contributed by atoms with van der Waals surface area (Å²) in [6, 6.07) is 16.5. The third kappa shape index (κ3) is 8.38. The molecule has 0 atom stereocenters. The van der Waals surface area contributed by atoms with Crippen LogP contribution in [-0.2, 0) is 37.0 Å². The van der Waals surface area contributed by atoms with Crippen LogP contribution in [0.15, 0.2) is 60.7 Å². The summed E-state index contributed by atoms with van der Waals surface area (Å²) < 4.78 is 35.2. The van der Waals surface area contributed by atoms with Gasteiger partial charge in [-0.2, -0.15) is 0 Å². The summed E-state index contributed by atoms with van der Waals surface area (Å²) in [5.74, 6) is -2.83. The number of aryl methyl sites for hydroxylation is 2. The van der Waals surface area contributed by atoms with Gasteiger partial charge >= 0.3 is 5.97 Å². The maximum Gasteiger partial charge on any atom is 0.337 e. The van der Waals surface area contributed by atoms with E-state index in [2.05, 4.69) is 41.3 Å². The first-order valence-corrected chi connectivity index (χ1v) is 18.2. The fourth-order valence-corrected chi connectivity index (χ4v) is 8.41. The molecule has 0 saturated carbocycles. The number of hydrogen-bond acceptors (Lipinski definition) is 7. The SMILES string of the molecule is COC(=O)c1ccc(CCc2c(F)cc(NC(=O)c3c(NC(=O)c4cccc(CN5CCN(C)CC5(C)C)c4)sc4c3CCCC4)cc2F)cc1. The molecule has 1 aromatic heterocycles. The fourth-order valence-electron chi connectivity index (χ4n) is 7.13. The van der Waals surface area contributed by atoms with E-state index in [1.165, 1.54) is 18.4 Å². The Morgan fingerprint density at radius 1 is 0.863 bits per heavy atom. The molecule has 2 N–H and O–H groups in total. The first-order chi connectivity index (χ1) is 24.4. The number of benzene rings is 3. The minimum atomic E-state index is -0.766. The molecular formula is C40H44F2N4O4S. The van der Waals surface area contributed by atoms with E-state index in [1.54, 1.807) is 30.3 Å². The molecule has 2 amide bonds. The van der Waals surface area contributed by atoms with Gasteiger partial charge in [0, 0.05) is 53.4 Å². The van der Waals surface area contributed by atoms with Crippen molar-refractivity contribution in [3.63, 3.8) is 0 Å². The van der Waals surface area contributed by atoms with Crippen molar-refractivity contribution < 1.29 is 27.9 Å². The number of thiophene rings is 1. The second kappa shape index (κ2) is 15.4. The lowest BCUT2D eigenvalue weighted by atomic mass is 9.95. The van der Waals surface area contributed by atoms with E-state index in [0.717, 1.165) is 79.1 Å². The number of nitrogens with one attached hydrogen (secondary N) is 2. The second-order valence-electron chi connectivity index (χ2n) is 14.1. The van der Waals surface area contributed by atoms with Gasteiger partial charge in [0.15, 0.2) is 0 Å². The Hall–Kier alpha value is -4.45. The number of halogens is 2. The third-order valence-electron chi connectivity index (χ3n) is 9.89. The zero-order valence-corrected chi connectivity index (χ0v) is 30.4. The molecule has 4 aromatic rings. The van der Waals surface area contributed by atoms with Crippen LogP contribution in [-0.4, -0.2) is 66.9 Å². The Bertz CT molecular complexity index is 1920. The summed E-state index contributed by atoms with van der Waals surface area (Å²) in [5.41, 5.74) is 3.85. The molecule has 6 rings (SSSR count).